The molecule has 1 aromatic heterocycles. The van der Waals surface area contributed by atoms with E-state index in [4.69, 9.17) is 9.26 Å². The van der Waals surface area contributed by atoms with E-state index >= 15 is 0 Å². The number of nitrogens with one attached hydrogen (secondary N) is 1. The number of rotatable bonds is 5. The van der Waals surface area contributed by atoms with Crippen molar-refractivity contribution in [1.82, 2.24) is 5.16 Å². The molecule has 2 aromatic carbocycles. The Bertz CT molecular complexity index is 930. The Balaban J connectivity index is 1.77. The van der Waals surface area contributed by atoms with Crippen LogP contribution in [0.4, 0.5) is 5.69 Å². The van der Waals surface area contributed by atoms with E-state index in [9.17, 15) is 4.79 Å². The van der Waals surface area contributed by atoms with Crippen LogP contribution in [-0.4, -0.2) is 11.1 Å². The highest BCUT2D eigenvalue weighted by Crippen LogP contribution is 2.24. The molecule has 1 amide bonds. The first-order chi connectivity index (χ1) is 12.5. The van der Waals surface area contributed by atoms with Crippen molar-refractivity contribution in [3.63, 3.8) is 0 Å². The number of ether oxygens (including phenoxy) is 1. The number of anilines is 1. The molecule has 0 aliphatic heterocycles. The Morgan fingerprint density at radius 2 is 1.96 bits per heavy atom. The van der Waals surface area contributed by atoms with Crippen LogP contribution in [0.15, 0.2) is 51.5 Å². The summed E-state index contributed by atoms with van der Waals surface area (Å²) in [5.41, 5.74) is 3.93. The van der Waals surface area contributed by atoms with Gasteiger partial charge in [0.05, 0.1) is 16.8 Å². The Morgan fingerprint density at radius 1 is 1.19 bits per heavy atom. The van der Waals surface area contributed by atoms with Gasteiger partial charge in [0.15, 0.2) is 0 Å². The number of nitrogens with zero attached hydrogens (tertiary/aromatic N) is 1. The SMILES string of the molecule is Cc1cc(NC(=O)c2ccccc2OCc2c(C)noc2C)ccc1Br. The average molecular weight is 415 g/mol. The first kappa shape index (κ1) is 18.2. The van der Waals surface area contributed by atoms with Crippen molar-refractivity contribution in [2.75, 3.05) is 5.32 Å². The van der Waals surface area contributed by atoms with E-state index in [2.05, 4.69) is 26.4 Å². The van der Waals surface area contributed by atoms with Gasteiger partial charge in [-0.3, -0.25) is 4.79 Å². The van der Waals surface area contributed by atoms with Gasteiger partial charge in [-0.1, -0.05) is 33.2 Å². The van der Waals surface area contributed by atoms with Crippen molar-refractivity contribution >= 4 is 27.5 Å². The van der Waals surface area contributed by atoms with Crippen LogP contribution in [0.2, 0.25) is 0 Å². The molecule has 0 unspecified atom stereocenters. The summed E-state index contributed by atoms with van der Waals surface area (Å²) >= 11 is 3.46. The number of para-hydroxylation sites is 1. The lowest BCUT2D eigenvalue weighted by Crippen LogP contribution is -2.14. The monoisotopic (exact) mass is 414 g/mol. The summed E-state index contributed by atoms with van der Waals surface area (Å²) in [5, 5.41) is 6.83. The van der Waals surface area contributed by atoms with Gasteiger partial charge in [0.2, 0.25) is 0 Å². The summed E-state index contributed by atoms with van der Waals surface area (Å²) in [6, 6.07) is 12.8. The summed E-state index contributed by atoms with van der Waals surface area (Å²) in [7, 11) is 0. The van der Waals surface area contributed by atoms with Gasteiger partial charge in [0.25, 0.3) is 5.91 Å². The Hall–Kier alpha value is -2.60. The van der Waals surface area contributed by atoms with Crippen LogP contribution in [0.1, 0.15) is 32.9 Å². The fourth-order valence-electron chi connectivity index (χ4n) is 2.56. The maximum absolute atomic E-state index is 12.7. The van der Waals surface area contributed by atoms with Gasteiger partial charge >= 0.3 is 0 Å². The molecule has 26 heavy (non-hydrogen) atoms. The molecule has 3 rings (SSSR count). The number of carbonyl (C=O) groups excluding carboxylic acids is 1. The average Bonchev–Trinajstić information content (AvgIpc) is 2.94. The summed E-state index contributed by atoms with van der Waals surface area (Å²) in [6.07, 6.45) is 0. The van der Waals surface area contributed by atoms with Crippen LogP contribution < -0.4 is 10.1 Å². The third kappa shape index (κ3) is 3.96. The van der Waals surface area contributed by atoms with Crippen LogP contribution in [0.5, 0.6) is 5.75 Å². The number of aromatic nitrogens is 1. The third-order valence-corrected chi connectivity index (χ3v) is 4.99. The predicted molar refractivity (Wildman–Crippen MR) is 104 cm³/mol. The molecule has 0 radical (unpaired) electrons. The summed E-state index contributed by atoms with van der Waals surface area (Å²) in [6.45, 7) is 5.97. The number of amides is 1. The summed E-state index contributed by atoms with van der Waals surface area (Å²) in [5.74, 6) is 1.01. The van der Waals surface area contributed by atoms with E-state index in [0.29, 0.717) is 17.9 Å². The molecule has 0 saturated heterocycles. The highest BCUT2D eigenvalue weighted by Gasteiger charge is 2.15. The lowest BCUT2D eigenvalue weighted by Gasteiger charge is -2.12. The number of hydrogen-bond acceptors (Lipinski definition) is 4. The molecule has 0 saturated carbocycles. The minimum Gasteiger partial charge on any atom is -0.488 e. The van der Waals surface area contributed by atoms with Crippen molar-refractivity contribution in [1.29, 1.82) is 0 Å². The topological polar surface area (TPSA) is 64.4 Å². The van der Waals surface area contributed by atoms with E-state index < -0.39 is 0 Å². The molecular formula is C20H19BrN2O3. The second-order valence-corrected chi connectivity index (χ2v) is 6.86. The molecule has 0 fully saturated rings. The van der Waals surface area contributed by atoms with Crippen molar-refractivity contribution < 1.29 is 14.1 Å². The largest absolute Gasteiger partial charge is 0.488 e. The van der Waals surface area contributed by atoms with Gasteiger partial charge in [-0.2, -0.15) is 0 Å². The van der Waals surface area contributed by atoms with Gasteiger partial charge in [0.1, 0.15) is 18.1 Å². The zero-order valence-electron chi connectivity index (χ0n) is 14.8. The van der Waals surface area contributed by atoms with E-state index in [1.54, 1.807) is 12.1 Å². The Labute approximate surface area is 160 Å². The van der Waals surface area contributed by atoms with Gasteiger partial charge in [0, 0.05) is 10.2 Å². The smallest absolute Gasteiger partial charge is 0.259 e. The molecular weight excluding hydrogens is 396 g/mol. The van der Waals surface area contributed by atoms with Crippen LogP contribution in [-0.2, 0) is 6.61 Å². The predicted octanol–water partition coefficient (Wildman–Crippen LogP) is 5.19. The first-order valence-electron chi connectivity index (χ1n) is 8.17. The van der Waals surface area contributed by atoms with Gasteiger partial charge < -0.3 is 14.6 Å². The normalized spacial score (nSPS) is 10.6. The van der Waals surface area contributed by atoms with Gasteiger partial charge in [-0.05, 0) is 56.7 Å². The molecule has 134 valence electrons. The highest BCUT2D eigenvalue weighted by molar-refractivity contribution is 9.10. The van der Waals surface area contributed by atoms with E-state index in [0.717, 1.165) is 32.7 Å². The fourth-order valence-corrected chi connectivity index (χ4v) is 2.81. The molecule has 0 spiro atoms. The molecule has 6 heteroatoms. The van der Waals surface area contributed by atoms with Crippen molar-refractivity contribution in [3.8, 4) is 5.75 Å². The number of aryl methyl sites for hydroxylation is 3. The van der Waals surface area contributed by atoms with Crippen LogP contribution in [0.25, 0.3) is 0 Å². The fraction of sp³-hybridized carbons (Fsp3) is 0.200. The van der Waals surface area contributed by atoms with Crippen LogP contribution >= 0.6 is 15.9 Å². The number of hydrogen-bond donors (Lipinski definition) is 1. The Kier molecular flexibility index (Phi) is 5.42. The van der Waals surface area contributed by atoms with Crippen molar-refractivity contribution in [2.24, 2.45) is 0 Å². The first-order valence-corrected chi connectivity index (χ1v) is 8.96. The van der Waals surface area contributed by atoms with Gasteiger partial charge in [-0.25, -0.2) is 0 Å². The number of carbonyl (C=O) groups is 1. The van der Waals surface area contributed by atoms with Crippen molar-refractivity contribution in [2.45, 2.75) is 27.4 Å². The molecule has 3 aromatic rings. The molecule has 0 aliphatic carbocycles. The highest BCUT2D eigenvalue weighted by atomic mass is 79.9. The Morgan fingerprint density at radius 3 is 2.65 bits per heavy atom. The quantitative estimate of drug-likeness (QED) is 0.623. The third-order valence-electron chi connectivity index (χ3n) is 4.10. The summed E-state index contributed by atoms with van der Waals surface area (Å²) in [4.78, 5) is 12.7. The molecule has 0 bridgehead atoms. The minimum atomic E-state index is -0.221. The molecule has 1 heterocycles. The number of halogens is 1. The van der Waals surface area contributed by atoms with Crippen molar-refractivity contribution in [3.05, 3.63) is 75.1 Å². The van der Waals surface area contributed by atoms with E-state index in [1.165, 1.54) is 0 Å². The minimum absolute atomic E-state index is 0.221. The van der Waals surface area contributed by atoms with Gasteiger partial charge in [-0.15, -0.1) is 0 Å². The van der Waals surface area contributed by atoms with Crippen LogP contribution in [0, 0.1) is 20.8 Å². The standard InChI is InChI=1S/C20H19BrN2O3/c1-12-10-15(8-9-18(12)21)22-20(24)16-6-4-5-7-19(16)25-11-17-13(2)23-26-14(17)3/h4-10H,11H2,1-3H3,(H,22,24). The lowest BCUT2D eigenvalue weighted by molar-refractivity contribution is 0.102. The zero-order valence-corrected chi connectivity index (χ0v) is 16.4. The summed E-state index contributed by atoms with van der Waals surface area (Å²) < 4.78 is 12.0. The van der Waals surface area contributed by atoms with Crippen LogP contribution in [0.3, 0.4) is 0 Å². The maximum atomic E-state index is 12.7. The van der Waals surface area contributed by atoms with E-state index in [1.807, 2.05) is 51.1 Å². The molecule has 0 aliphatic rings. The second-order valence-electron chi connectivity index (χ2n) is 6.01. The maximum Gasteiger partial charge on any atom is 0.259 e. The molecule has 5 nitrogen and oxygen atoms in total. The van der Waals surface area contributed by atoms with E-state index in [-0.39, 0.29) is 5.91 Å². The molecule has 1 N–H and O–H groups in total. The number of benzene rings is 2. The second kappa shape index (κ2) is 7.74. The molecule has 0 atom stereocenters. The lowest BCUT2D eigenvalue weighted by atomic mass is 10.1. The zero-order chi connectivity index (χ0) is 18.7.